The van der Waals surface area contributed by atoms with Crippen LogP contribution < -0.4 is 34.9 Å². The van der Waals surface area contributed by atoms with Gasteiger partial charge in [-0.2, -0.15) is 0 Å². The third-order valence-corrected chi connectivity index (χ3v) is 10.8. The van der Waals surface area contributed by atoms with E-state index in [4.69, 9.17) is 5.11 Å². The van der Waals surface area contributed by atoms with Gasteiger partial charge in [0.1, 0.15) is 6.54 Å². The van der Waals surface area contributed by atoms with Crippen LogP contribution in [0.25, 0.3) is 0 Å². The zero-order valence-corrected chi connectivity index (χ0v) is 23.9. The van der Waals surface area contributed by atoms with Crippen LogP contribution in [0.4, 0.5) is 0 Å². The van der Waals surface area contributed by atoms with E-state index in [-0.39, 0.29) is 102 Å². The van der Waals surface area contributed by atoms with Gasteiger partial charge in [-0.05, 0) is 97.7 Å². The smallest absolute Gasteiger partial charge is 1.00 e. The van der Waals surface area contributed by atoms with Crippen molar-refractivity contribution in [3.8, 4) is 0 Å². The summed E-state index contributed by atoms with van der Waals surface area (Å²) in [6, 6.07) is 0. The van der Waals surface area contributed by atoms with E-state index in [0.29, 0.717) is 25.2 Å². The maximum atomic E-state index is 12.0. The number of hydrogen-bond acceptors (Lipinski definition) is 5. The van der Waals surface area contributed by atoms with Gasteiger partial charge in [0.2, 0.25) is 5.91 Å². The molecule has 4 aliphatic carbocycles. The molecule has 0 aromatic heterocycles. The molecule has 4 fully saturated rings. The average molecular weight is 508 g/mol. The number of carboxylic acids is 1. The number of carboxylic acid groups (broad SMARTS) is 1. The fourth-order valence-electron chi connectivity index (χ4n) is 8.95. The second kappa shape index (κ2) is 11.7. The Balaban J connectivity index is 0.00000216. The molecule has 8 nitrogen and oxygen atoms in total. The number of aliphatic hydroxyl groups excluding tert-OH is 3. The molecule has 0 bridgehead atoms. The molecule has 0 aromatic carbocycles. The summed E-state index contributed by atoms with van der Waals surface area (Å²) >= 11 is 0. The molecule has 4 aliphatic rings. The van der Waals surface area contributed by atoms with E-state index in [1.807, 2.05) is 0 Å². The first-order valence-electron chi connectivity index (χ1n) is 13.0. The second-order valence-electron chi connectivity index (χ2n) is 12.2. The van der Waals surface area contributed by atoms with Crippen molar-refractivity contribution in [2.75, 3.05) is 6.54 Å². The van der Waals surface area contributed by atoms with Crippen molar-refractivity contribution in [1.82, 2.24) is 5.32 Å². The topological polar surface area (TPSA) is 159 Å². The maximum absolute atomic E-state index is 12.0. The van der Waals surface area contributed by atoms with Gasteiger partial charge in [-0.25, -0.2) is 0 Å². The van der Waals surface area contributed by atoms with Crippen molar-refractivity contribution >= 4 is 11.9 Å². The van der Waals surface area contributed by atoms with Crippen LogP contribution >= 0.6 is 0 Å². The van der Waals surface area contributed by atoms with Gasteiger partial charge in [-0.15, -0.1) is 0 Å². The van der Waals surface area contributed by atoms with Crippen molar-refractivity contribution in [2.45, 2.75) is 96.9 Å². The average Bonchev–Trinajstić information content (AvgIpc) is 3.11. The van der Waals surface area contributed by atoms with Gasteiger partial charge in [-0.1, -0.05) is 20.8 Å². The fraction of sp³-hybridized carbons (Fsp3) is 0.923. The van der Waals surface area contributed by atoms with Crippen molar-refractivity contribution in [3.05, 3.63) is 0 Å². The number of carbonyl (C=O) groups excluding carboxylic acids is 1. The molecule has 4 rings (SSSR count). The first-order chi connectivity index (χ1) is 15.5. The number of nitrogens with one attached hydrogen (secondary N) is 1. The minimum absolute atomic E-state index is 0. The van der Waals surface area contributed by atoms with Gasteiger partial charge < -0.3 is 32.6 Å². The third-order valence-electron chi connectivity index (χ3n) is 10.8. The van der Waals surface area contributed by atoms with Gasteiger partial charge in [0.05, 0.1) is 18.3 Å². The minimum atomic E-state index is -1.04. The van der Waals surface area contributed by atoms with Gasteiger partial charge in [-0.3, -0.25) is 9.59 Å². The Hall–Kier alpha value is -0.220. The molecule has 11 atom stereocenters. The number of aliphatic hydroxyl groups is 3. The van der Waals surface area contributed by atoms with Crippen molar-refractivity contribution in [2.24, 2.45) is 46.3 Å². The third kappa shape index (κ3) is 5.50. The summed E-state index contributed by atoms with van der Waals surface area (Å²) in [5, 5.41) is 44.4. The van der Waals surface area contributed by atoms with Gasteiger partial charge in [0.15, 0.2) is 0 Å². The molecule has 0 aromatic rings. The van der Waals surface area contributed by atoms with Gasteiger partial charge in [0.25, 0.3) is 0 Å². The number of rotatable bonds is 6. The summed E-state index contributed by atoms with van der Waals surface area (Å²) in [7, 11) is 0. The first-order valence-corrected chi connectivity index (χ1v) is 13.0. The Morgan fingerprint density at radius 3 is 2.40 bits per heavy atom. The van der Waals surface area contributed by atoms with Crippen LogP contribution in [0.2, 0.25) is 0 Å². The number of hydrogen-bond donors (Lipinski definition) is 5. The Morgan fingerprint density at radius 2 is 1.74 bits per heavy atom. The largest absolute Gasteiger partial charge is 1.00 e. The molecular formula is C26H46NNaO7. The molecule has 0 aliphatic heterocycles. The molecule has 0 spiro atoms. The van der Waals surface area contributed by atoms with Crippen LogP contribution in [-0.2, 0) is 9.59 Å². The summed E-state index contributed by atoms with van der Waals surface area (Å²) in [5.74, 6) is 0.265. The second-order valence-corrected chi connectivity index (χ2v) is 12.2. The van der Waals surface area contributed by atoms with Gasteiger partial charge in [0, 0.05) is 6.42 Å². The van der Waals surface area contributed by atoms with Crippen LogP contribution in [0.15, 0.2) is 0 Å². The van der Waals surface area contributed by atoms with E-state index in [1.54, 1.807) is 0 Å². The number of fused-ring (bicyclic) bond motifs is 5. The Kier molecular flexibility index (Phi) is 10.3. The molecule has 0 saturated heterocycles. The quantitative estimate of drug-likeness (QED) is 0.286. The number of carbonyl (C=O) groups is 2. The van der Waals surface area contributed by atoms with Crippen molar-refractivity contribution in [1.29, 1.82) is 0 Å². The summed E-state index contributed by atoms with van der Waals surface area (Å²) < 4.78 is 0. The van der Waals surface area contributed by atoms with E-state index in [1.165, 1.54) is 0 Å². The van der Waals surface area contributed by atoms with Gasteiger partial charge >= 0.3 is 35.5 Å². The number of amides is 1. The van der Waals surface area contributed by atoms with Crippen LogP contribution in [0.3, 0.4) is 0 Å². The Labute approximate surface area is 232 Å². The zero-order chi connectivity index (χ0) is 24.1. The SMILES string of the molecule is C[C@H](CCC(=O)NCC(=O)O)[C@H]1CC[C@H]2[C@@H]3[C@H](O)CC4C[C@H](O)CC[C@]4(C)[C@H]3C[C@H](O)[C@]12C.O.[H-].[Na+]. The van der Waals surface area contributed by atoms with Crippen LogP contribution in [0.5, 0.6) is 0 Å². The molecular weight excluding hydrogens is 461 g/mol. The molecule has 1 amide bonds. The standard InChI is InChI=1S/C26H43NO6.Na.H2O.H/c1-14(4-7-22(31)27-13-23(32)33)17-5-6-18-24-19(12-21(30)26(17,18)3)25(2)9-8-16(28)10-15(25)11-20(24)29;;;/h14-21,24,28-30H,4-13H2,1-3H3,(H,27,31)(H,32,33);;1H2;/q;+1;;-1/t14-,15?,16-,17-,18+,19+,20-,21+,24+,25+,26-;;;/m1.../s1. The number of aliphatic carboxylic acids is 1. The molecule has 0 radical (unpaired) electrons. The van der Waals surface area contributed by atoms with Crippen LogP contribution in [0.1, 0.15) is 80.0 Å². The monoisotopic (exact) mass is 507 g/mol. The molecule has 4 saturated carbocycles. The predicted octanol–water partition coefficient (Wildman–Crippen LogP) is -1.14. The molecule has 1 unspecified atom stereocenters. The summed E-state index contributed by atoms with van der Waals surface area (Å²) in [5.41, 5.74) is -0.214. The van der Waals surface area contributed by atoms with E-state index < -0.39 is 12.1 Å². The molecule has 35 heavy (non-hydrogen) atoms. The predicted molar refractivity (Wildman–Crippen MR) is 128 cm³/mol. The summed E-state index contributed by atoms with van der Waals surface area (Å²) in [6.07, 6.45) is 5.86. The van der Waals surface area contributed by atoms with Crippen molar-refractivity contribution in [3.63, 3.8) is 0 Å². The van der Waals surface area contributed by atoms with E-state index in [0.717, 1.165) is 38.5 Å². The van der Waals surface area contributed by atoms with E-state index in [2.05, 4.69) is 26.1 Å². The molecule has 198 valence electrons. The van der Waals surface area contributed by atoms with Crippen LogP contribution in [-0.4, -0.2) is 62.6 Å². The van der Waals surface area contributed by atoms with Crippen LogP contribution in [0, 0.1) is 46.3 Å². The summed E-state index contributed by atoms with van der Waals surface area (Å²) in [4.78, 5) is 22.7. The normalized spacial score (nSPS) is 45.0. The molecule has 0 heterocycles. The Morgan fingerprint density at radius 1 is 1.06 bits per heavy atom. The molecule has 9 heteroatoms. The maximum Gasteiger partial charge on any atom is 1.00 e. The molecule has 7 N–H and O–H groups in total. The Bertz CT molecular complexity index is 775. The fourth-order valence-corrected chi connectivity index (χ4v) is 8.95. The van der Waals surface area contributed by atoms with E-state index >= 15 is 0 Å². The van der Waals surface area contributed by atoms with Crippen molar-refractivity contribution < 1.29 is 66.5 Å². The minimum Gasteiger partial charge on any atom is -1.00 e. The van der Waals surface area contributed by atoms with E-state index in [9.17, 15) is 24.9 Å². The first kappa shape index (κ1) is 31.0. The summed E-state index contributed by atoms with van der Waals surface area (Å²) in [6.45, 7) is 6.35. The zero-order valence-electron chi connectivity index (χ0n) is 22.9.